The Labute approximate surface area is 131 Å². The lowest BCUT2D eigenvalue weighted by Gasteiger charge is -2.22. The predicted octanol–water partition coefficient (Wildman–Crippen LogP) is 3.26. The highest BCUT2D eigenvalue weighted by molar-refractivity contribution is 6.25. The number of hydrazone groups is 1. The van der Waals surface area contributed by atoms with Crippen molar-refractivity contribution in [3.8, 4) is 0 Å². The summed E-state index contributed by atoms with van der Waals surface area (Å²) >= 11 is 0. The number of rotatable bonds is 3. The molecule has 2 heterocycles. The van der Waals surface area contributed by atoms with Gasteiger partial charge in [0.1, 0.15) is 5.76 Å². The molecular formula is C18H12N2O3. The first-order valence-electron chi connectivity index (χ1n) is 7.21. The summed E-state index contributed by atoms with van der Waals surface area (Å²) in [7, 11) is 0. The third kappa shape index (κ3) is 2.14. The van der Waals surface area contributed by atoms with E-state index in [1.807, 2.05) is 18.2 Å². The van der Waals surface area contributed by atoms with Gasteiger partial charge in [-0.15, -0.1) is 0 Å². The molecule has 1 aliphatic heterocycles. The van der Waals surface area contributed by atoms with Gasteiger partial charge in [0.2, 0.25) is 0 Å². The topological polar surface area (TPSA) is 62.9 Å². The average Bonchev–Trinajstić information content (AvgIpc) is 3.09. The SMILES string of the molecule is O=C1c2cccc3cccc(c23)C(=O)N1/N=C/Cc1ccco1. The Balaban J connectivity index is 1.73. The Morgan fingerprint density at radius 1 is 0.957 bits per heavy atom. The zero-order chi connectivity index (χ0) is 15.8. The summed E-state index contributed by atoms with van der Waals surface area (Å²) in [6.45, 7) is 0. The lowest BCUT2D eigenvalue weighted by atomic mass is 9.95. The van der Waals surface area contributed by atoms with Crippen molar-refractivity contribution in [1.82, 2.24) is 5.01 Å². The van der Waals surface area contributed by atoms with Gasteiger partial charge in [0.25, 0.3) is 11.8 Å². The number of benzene rings is 2. The smallest absolute Gasteiger partial charge is 0.282 e. The number of nitrogens with zero attached hydrogens (tertiary/aromatic N) is 2. The predicted molar refractivity (Wildman–Crippen MR) is 85.4 cm³/mol. The molecule has 1 aromatic heterocycles. The molecular weight excluding hydrogens is 292 g/mol. The molecule has 1 aliphatic rings. The summed E-state index contributed by atoms with van der Waals surface area (Å²) < 4.78 is 5.20. The van der Waals surface area contributed by atoms with Crippen molar-refractivity contribution in [2.45, 2.75) is 6.42 Å². The largest absolute Gasteiger partial charge is 0.469 e. The van der Waals surface area contributed by atoms with Crippen molar-refractivity contribution in [2.75, 3.05) is 0 Å². The van der Waals surface area contributed by atoms with Gasteiger partial charge in [0, 0.05) is 18.0 Å². The van der Waals surface area contributed by atoms with Crippen molar-refractivity contribution < 1.29 is 14.0 Å². The normalized spacial score (nSPS) is 14.2. The molecule has 5 nitrogen and oxygen atoms in total. The molecule has 0 spiro atoms. The number of carbonyl (C=O) groups excluding carboxylic acids is 2. The second kappa shape index (κ2) is 5.21. The van der Waals surface area contributed by atoms with Crippen molar-refractivity contribution in [3.05, 3.63) is 71.7 Å². The summed E-state index contributed by atoms with van der Waals surface area (Å²) in [6, 6.07) is 14.4. The molecule has 112 valence electrons. The first-order valence-corrected chi connectivity index (χ1v) is 7.21. The van der Waals surface area contributed by atoms with Gasteiger partial charge < -0.3 is 4.42 Å². The van der Waals surface area contributed by atoms with Crippen LogP contribution in [-0.2, 0) is 6.42 Å². The van der Waals surface area contributed by atoms with Gasteiger partial charge in [-0.3, -0.25) is 9.59 Å². The molecule has 0 N–H and O–H groups in total. The van der Waals surface area contributed by atoms with Gasteiger partial charge in [-0.05, 0) is 29.7 Å². The van der Waals surface area contributed by atoms with E-state index >= 15 is 0 Å². The number of furan rings is 1. The highest BCUT2D eigenvalue weighted by atomic mass is 16.3. The van der Waals surface area contributed by atoms with E-state index in [0.717, 1.165) is 10.4 Å². The maximum absolute atomic E-state index is 12.6. The molecule has 5 heteroatoms. The third-order valence-corrected chi connectivity index (χ3v) is 3.82. The minimum atomic E-state index is -0.407. The summed E-state index contributed by atoms with van der Waals surface area (Å²) in [6.07, 6.45) is 3.48. The van der Waals surface area contributed by atoms with Crippen LogP contribution in [0.25, 0.3) is 10.8 Å². The molecule has 2 amide bonds. The Hall–Kier alpha value is -3.21. The quantitative estimate of drug-likeness (QED) is 0.551. The van der Waals surface area contributed by atoms with E-state index in [0.29, 0.717) is 28.7 Å². The van der Waals surface area contributed by atoms with Gasteiger partial charge in [0.15, 0.2) is 0 Å². The fourth-order valence-electron chi connectivity index (χ4n) is 2.76. The van der Waals surface area contributed by atoms with Crippen molar-refractivity contribution >= 4 is 28.8 Å². The van der Waals surface area contributed by atoms with Gasteiger partial charge in [0.05, 0.1) is 17.4 Å². The van der Waals surface area contributed by atoms with Crippen LogP contribution in [0.1, 0.15) is 26.5 Å². The summed E-state index contributed by atoms with van der Waals surface area (Å²) in [5.74, 6) is -0.0989. The number of hydrogen-bond acceptors (Lipinski definition) is 4. The van der Waals surface area contributed by atoms with Crippen LogP contribution in [0, 0.1) is 0 Å². The third-order valence-electron chi connectivity index (χ3n) is 3.82. The molecule has 4 rings (SSSR count). The van der Waals surface area contributed by atoms with E-state index in [-0.39, 0.29) is 0 Å². The lowest BCUT2D eigenvalue weighted by Crippen LogP contribution is -2.36. The van der Waals surface area contributed by atoms with E-state index in [1.165, 1.54) is 6.21 Å². The summed E-state index contributed by atoms with van der Waals surface area (Å²) in [5, 5.41) is 6.54. The minimum Gasteiger partial charge on any atom is -0.469 e. The van der Waals surface area contributed by atoms with E-state index in [9.17, 15) is 9.59 Å². The standard InChI is InChI=1S/C18H12N2O3/c21-17-14-7-1-4-12-5-2-8-15(16(12)14)18(22)20(17)19-10-9-13-6-3-11-23-13/h1-8,10-11H,9H2/b19-10+. The molecule has 0 saturated heterocycles. The lowest BCUT2D eigenvalue weighted by molar-refractivity contribution is 0.0616. The van der Waals surface area contributed by atoms with E-state index < -0.39 is 11.8 Å². The van der Waals surface area contributed by atoms with Crippen LogP contribution in [0.2, 0.25) is 0 Å². The molecule has 3 aromatic rings. The van der Waals surface area contributed by atoms with Gasteiger partial charge >= 0.3 is 0 Å². The van der Waals surface area contributed by atoms with Crippen molar-refractivity contribution in [3.63, 3.8) is 0 Å². The molecule has 0 atom stereocenters. The van der Waals surface area contributed by atoms with Crippen LogP contribution in [-0.4, -0.2) is 23.0 Å². The number of imide groups is 1. The van der Waals surface area contributed by atoms with Crippen LogP contribution in [0.4, 0.5) is 0 Å². The van der Waals surface area contributed by atoms with Crippen molar-refractivity contribution in [1.29, 1.82) is 0 Å². The highest BCUT2D eigenvalue weighted by Gasteiger charge is 2.32. The van der Waals surface area contributed by atoms with Crippen LogP contribution in [0.3, 0.4) is 0 Å². The molecule has 2 aromatic carbocycles. The number of carbonyl (C=O) groups is 2. The van der Waals surface area contributed by atoms with Crippen LogP contribution >= 0.6 is 0 Å². The minimum absolute atomic E-state index is 0.407. The van der Waals surface area contributed by atoms with E-state index in [2.05, 4.69) is 5.10 Å². The maximum Gasteiger partial charge on any atom is 0.282 e. The van der Waals surface area contributed by atoms with Crippen LogP contribution in [0.15, 0.2) is 64.3 Å². The molecule has 0 fully saturated rings. The van der Waals surface area contributed by atoms with Crippen LogP contribution in [0.5, 0.6) is 0 Å². The Kier molecular flexibility index (Phi) is 3.05. The maximum atomic E-state index is 12.6. The summed E-state index contributed by atoms with van der Waals surface area (Å²) in [4.78, 5) is 25.1. The molecule has 23 heavy (non-hydrogen) atoms. The highest BCUT2D eigenvalue weighted by Crippen LogP contribution is 2.29. The van der Waals surface area contributed by atoms with E-state index in [4.69, 9.17) is 4.42 Å². The van der Waals surface area contributed by atoms with Crippen LogP contribution < -0.4 is 0 Å². The Bertz CT molecular complexity index is 891. The van der Waals surface area contributed by atoms with Gasteiger partial charge in [-0.1, -0.05) is 24.3 Å². The molecule has 0 saturated carbocycles. The Morgan fingerprint density at radius 2 is 1.65 bits per heavy atom. The number of amides is 2. The second-order valence-corrected chi connectivity index (χ2v) is 5.21. The fourth-order valence-corrected chi connectivity index (χ4v) is 2.76. The number of hydrogen-bond donors (Lipinski definition) is 0. The molecule has 0 bridgehead atoms. The average molecular weight is 304 g/mol. The van der Waals surface area contributed by atoms with Gasteiger partial charge in [-0.2, -0.15) is 10.1 Å². The Morgan fingerprint density at radius 3 is 2.26 bits per heavy atom. The zero-order valence-electron chi connectivity index (χ0n) is 12.1. The zero-order valence-corrected chi connectivity index (χ0v) is 12.1. The first kappa shape index (κ1) is 13.5. The van der Waals surface area contributed by atoms with Gasteiger partial charge in [-0.25, -0.2) is 0 Å². The fraction of sp³-hybridized carbons (Fsp3) is 0.0556. The second-order valence-electron chi connectivity index (χ2n) is 5.21. The van der Waals surface area contributed by atoms with E-state index in [1.54, 1.807) is 36.6 Å². The monoisotopic (exact) mass is 304 g/mol. The van der Waals surface area contributed by atoms with Crippen molar-refractivity contribution in [2.24, 2.45) is 5.10 Å². The molecule has 0 radical (unpaired) electrons. The first-order chi connectivity index (χ1) is 11.3. The molecule has 0 unspecified atom stereocenters. The molecule has 0 aliphatic carbocycles. The summed E-state index contributed by atoms with van der Waals surface area (Å²) in [5.41, 5.74) is 0.987.